The van der Waals surface area contributed by atoms with E-state index in [0.29, 0.717) is 5.39 Å². The Morgan fingerprint density at radius 2 is 2.05 bits per heavy atom. The summed E-state index contributed by atoms with van der Waals surface area (Å²) in [7, 11) is 1.16. The highest BCUT2D eigenvalue weighted by atomic mass is 16.6. The molecule has 0 saturated carbocycles. The fourth-order valence-corrected chi connectivity index (χ4v) is 2.00. The largest absolute Gasteiger partial charge is 0.465 e. The van der Waals surface area contributed by atoms with Crippen LogP contribution in [-0.2, 0) is 9.47 Å². The zero-order chi connectivity index (χ0) is 15.6. The predicted octanol–water partition coefficient (Wildman–Crippen LogP) is 2.04. The molecule has 8 nitrogen and oxygen atoms in total. The third kappa shape index (κ3) is 2.55. The number of nitrogens with one attached hydrogen (secondary N) is 1. The minimum Gasteiger partial charge on any atom is -0.465 e. The summed E-state index contributed by atoms with van der Waals surface area (Å²) < 4.78 is 9.50. The average Bonchev–Trinajstić information content (AvgIpc) is 2.89. The second-order valence-electron chi connectivity index (χ2n) is 4.09. The van der Waals surface area contributed by atoms with Crippen molar-refractivity contribution in [2.75, 3.05) is 13.7 Å². The first-order valence-electron chi connectivity index (χ1n) is 6.04. The molecule has 0 atom stereocenters. The highest BCUT2D eigenvalue weighted by Gasteiger charge is 2.23. The molecular weight excluding hydrogens is 280 g/mol. The third-order valence-electron chi connectivity index (χ3n) is 2.87. The van der Waals surface area contributed by atoms with Crippen molar-refractivity contribution in [2.24, 2.45) is 0 Å². The number of nitro groups is 1. The lowest BCUT2D eigenvalue weighted by Gasteiger charge is -2.05. The Morgan fingerprint density at radius 3 is 2.62 bits per heavy atom. The molecule has 21 heavy (non-hydrogen) atoms. The second-order valence-corrected chi connectivity index (χ2v) is 4.09. The van der Waals surface area contributed by atoms with Crippen LogP contribution in [0.25, 0.3) is 10.8 Å². The Balaban J connectivity index is 2.73. The first kappa shape index (κ1) is 14.5. The van der Waals surface area contributed by atoms with Crippen molar-refractivity contribution in [3.05, 3.63) is 39.7 Å². The Hall–Kier alpha value is -2.90. The van der Waals surface area contributed by atoms with E-state index in [9.17, 15) is 19.7 Å². The predicted molar refractivity (Wildman–Crippen MR) is 72.2 cm³/mol. The van der Waals surface area contributed by atoms with Crippen molar-refractivity contribution in [2.45, 2.75) is 6.92 Å². The van der Waals surface area contributed by atoms with Crippen LogP contribution in [0.15, 0.2) is 18.3 Å². The van der Waals surface area contributed by atoms with Crippen LogP contribution in [0.3, 0.4) is 0 Å². The summed E-state index contributed by atoms with van der Waals surface area (Å²) in [5, 5.41) is 11.5. The van der Waals surface area contributed by atoms with Crippen LogP contribution in [0.5, 0.6) is 0 Å². The number of esters is 2. The zero-order valence-corrected chi connectivity index (χ0v) is 11.3. The molecule has 2 rings (SSSR count). The molecule has 0 spiro atoms. The van der Waals surface area contributed by atoms with Crippen molar-refractivity contribution in [3.63, 3.8) is 0 Å². The van der Waals surface area contributed by atoms with Gasteiger partial charge in [0, 0.05) is 29.1 Å². The highest BCUT2D eigenvalue weighted by molar-refractivity contribution is 6.13. The number of fused-ring (bicyclic) bond motifs is 1. The number of methoxy groups -OCH3 is 1. The number of aromatic amines is 1. The van der Waals surface area contributed by atoms with Gasteiger partial charge in [0.15, 0.2) is 0 Å². The number of carbonyl (C=O) groups is 2. The molecule has 1 aromatic carbocycles. The number of nitro benzene ring substituents is 1. The van der Waals surface area contributed by atoms with Gasteiger partial charge < -0.3 is 14.5 Å². The molecule has 0 unspecified atom stereocenters. The Morgan fingerprint density at radius 1 is 1.33 bits per heavy atom. The minimum atomic E-state index is -0.770. The van der Waals surface area contributed by atoms with Crippen LogP contribution >= 0.6 is 0 Å². The number of ether oxygens (including phenoxy) is 2. The van der Waals surface area contributed by atoms with Gasteiger partial charge in [0.1, 0.15) is 5.69 Å². The Labute approximate surface area is 118 Å². The maximum atomic E-state index is 11.9. The second kappa shape index (κ2) is 5.61. The summed E-state index contributed by atoms with van der Waals surface area (Å²) in [6.45, 7) is 1.81. The van der Waals surface area contributed by atoms with Crippen molar-refractivity contribution < 1.29 is 24.0 Å². The monoisotopic (exact) mass is 292 g/mol. The van der Waals surface area contributed by atoms with Crippen LogP contribution in [0, 0.1) is 10.1 Å². The SMILES string of the molecule is CCOC(=O)c1[nH]cc2cc([N+](=O)[O-])cc(C(=O)OC)c12. The molecule has 0 bridgehead atoms. The van der Waals surface area contributed by atoms with Gasteiger partial charge in [-0.25, -0.2) is 9.59 Å². The Kier molecular flexibility index (Phi) is 3.88. The van der Waals surface area contributed by atoms with Crippen molar-refractivity contribution in [3.8, 4) is 0 Å². The quantitative estimate of drug-likeness (QED) is 0.524. The summed E-state index contributed by atoms with van der Waals surface area (Å²) in [5.41, 5.74) is -0.273. The van der Waals surface area contributed by atoms with E-state index < -0.39 is 16.9 Å². The normalized spacial score (nSPS) is 10.4. The molecule has 2 aromatic rings. The van der Waals surface area contributed by atoms with E-state index in [2.05, 4.69) is 9.72 Å². The maximum Gasteiger partial charge on any atom is 0.355 e. The van der Waals surface area contributed by atoms with Gasteiger partial charge in [-0.2, -0.15) is 0 Å². The number of hydrogen-bond acceptors (Lipinski definition) is 6. The average molecular weight is 292 g/mol. The van der Waals surface area contributed by atoms with E-state index in [-0.39, 0.29) is 28.9 Å². The lowest BCUT2D eigenvalue weighted by Crippen LogP contribution is -2.09. The third-order valence-corrected chi connectivity index (χ3v) is 2.87. The molecule has 110 valence electrons. The van der Waals surface area contributed by atoms with E-state index in [1.165, 1.54) is 12.3 Å². The number of benzene rings is 1. The van der Waals surface area contributed by atoms with Crippen LogP contribution in [0.1, 0.15) is 27.8 Å². The van der Waals surface area contributed by atoms with Gasteiger partial charge in [0.2, 0.25) is 0 Å². The van der Waals surface area contributed by atoms with E-state index in [0.717, 1.165) is 13.2 Å². The number of aromatic nitrogens is 1. The standard InChI is InChI=1S/C13H12N2O6/c1-3-21-13(17)11-10-7(6-14-11)4-8(15(18)19)5-9(10)12(16)20-2/h4-6,14H,3H2,1-2H3. The topological polar surface area (TPSA) is 112 Å². The smallest absolute Gasteiger partial charge is 0.355 e. The maximum absolute atomic E-state index is 11.9. The molecule has 0 fully saturated rings. The lowest BCUT2D eigenvalue weighted by atomic mass is 10.1. The van der Waals surface area contributed by atoms with E-state index >= 15 is 0 Å². The summed E-state index contributed by atoms with van der Waals surface area (Å²) in [6, 6.07) is 2.34. The highest BCUT2D eigenvalue weighted by Crippen LogP contribution is 2.29. The summed E-state index contributed by atoms with van der Waals surface area (Å²) in [5.74, 6) is -1.42. The fraction of sp³-hybridized carbons (Fsp3) is 0.231. The number of rotatable bonds is 4. The Bertz CT molecular complexity index is 734. The number of H-pyrrole nitrogens is 1. The van der Waals surface area contributed by atoms with Crippen LogP contribution in [0.4, 0.5) is 5.69 Å². The van der Waals surface area contributed by atoms with Crippen LogP contribution < -0.4 is 0 Å². The van der Waals surface area contributed by atoms with Crippen molar-refractivity contribution in [1.82, 2.24) is 4.98 Å². The first-order chi connectivity index (χ1) is 9.99. The summed E-state index contributed by atoms with van der Waals surface area (Å²) in [6.07, 6.45) is 1.40. The molecule has 0 amide bonds. The number of carbonyl (C=O) groups excluding carboxylic acids is 2. The number of hydrogen-bond donors (Lipinski definition) is 1. The molecule has 1 heterocycles. The summed E-state index contributed by atoms with van der Waals surface area (Å²) in [4.78, 5) is 36.6. The van der Waals surface area contributed by atoms with Crippen molar-refractivity contribution in [1.29, 1.82) is 0 Å². The van der Waals surface area contributed by atoms with Gasteiger partial charge in [0.25, 0.3) is 5.69 Å². The summed E-state index contributed by atoms with van der Waals surface area (Å²) >= 11 is 0. The molecule has 0 aliphatic carbocycles. The van der Waals surface area contributed by atoms with Gasteiger partial charge in [-0.05, 0) is 6.92 Å². The van der Waals surface area contributed by atoms with Gasteiger partial charge in [-0.15, -0.1) is 0 Å². The van der Waals surface area contributed by atoms with Crippen LogP contribution in [0.2, 0.25) is 0 Å². The molecule has 0 radical (unpaired) electrons. The number of non-ortho nitro benzene ring substituents is 1. The molecule has 0 saturated heterocycles. The zero-order valence-electron chi connectivity index (χ0n) is 11.3. The molecule has 1 N–H and O–H groups in total. The van der Waals surface area contributed by atoms with Crippen molar-refractivity contribution >= 4 is 28.4 Å². The molecular formula is C13H12N2O6. The molecule has 0 aliphatic heterocycles. The van der Waals surface area contributed by atoms with Gasteiger partial charge >= 0.3 is 11.9 Å². The number of nitrogens with zero attached hydrogens (tertiary/aromatic N) is 1. The fourth-order valence-electron chi connectivity index (χ4n) is 2.00. The van der Waals surface area contributed by atoms with Gasteiger partial charge in [0.05, 0.1) is 24.2 Å². The minimum absolute atomic E-state index is 0.0575. The van der Waals surface area contributed by atoms with Crippen LogP contribution in [-0.4, -0.2) is 35.6 Å². The van der Waals surface area contributed by atoms with Gasteiger partial charge in [-0.3, -0.25) is 10.1 Å². The van der Waals surface area contributed by atoms with E-state index in [1.807, 2.05) is 0 Å². The first-order valence-corrected chi connectivity index (χ1v) is 6.04. The molecule has 8 heteroatoms. The van der Waals surface area contributed by atoms with E-state index in [1.54, 1.807) is 6.92 Å². The molecule has 0 aliphatic rings. The molecule has 1 aromatic heterocycles. The van der Waals surface area contributed by atoms with Gasteiger partial charge in [-0.1, -0.05) is 0 Å². The lowest BCUT2D eigenvalue weighted by molar-refractivity contribution is -0.384. The van der Waals surface area contributed by atoms with E-state index in [4.69, 9.17) is 4.74 Å².